The Morgan fingerprint density at radius 1 is 1.41 bits per heavy atom. The van der Waals surface area contributed by atoms with Crippen molar-refractivity contribution in [2.45, 2.75) is 38.1 Å². The van der Waals surface area contributed by atoms with Crippen LogP contribution in [0.5, 0.6) is 0 Å². The Labute approximate surface area is 103 Å². The van der Waals surface area contributed by atoms with E-state index in [0.29, 0.717) is 0 Å². The van der Waals surface area contributed by atoms with Crippen LogP contribution in [0.25, 0.3) is 0 Å². The summed E-state index contributed by atoms with van der Waals surface area (Å²) < 4.78 is 12.9. The second kappa shape index (κ2) is 5.94. The molecule has 0 spiro atoms. The first-order chi connectivity index (χ1) is 8.02. The van der Waals surface area contributed by atoms with Crippen molar-refractivity contribution in [3.05, 3.63) is 48.3 Å². The Kier molecular flexibility index (Phi) is 4.85. The van der Waals surface area contributed by atoms with Crippen molar-refractivity contribution < 1.29 is 4.39 Å². The number of hydrogen-bond donors (Lipinski definition) is 2. The number of nitrogens with two attached hydrogens (primary N) is 1. The lowest BCUT2D eigenvalue weighted by Crippen LogP contribution is -2.48. The molecule has 3 heteroatoms. The van der Waals surface area contributed by atoms with Gasteiger partial charge in [-0.05, 0) is 30.5 Å². The molecule has 0 aliphatic rings. The molecule has 0 fully saturated rings. The van der Waals surface area contributed by atoms with Crippen LogP contribution in [0, 0.1) is 5.82 Å². The van der Waals surface area contributed by atoms with Crippen LogP contribution < -0.4 is 11.3 Å². The van der Waals surface area contributed by atoms with Gasteiger partial charge in [0.05, 0.1) is 0 Å². The summed E-state index contributed by atoms with van der Waals surface area (Å²) in [5.41, 5.74) is 3.78. The molecule has 0 heterocycles. The molecular weight excluding hydrogens is 215 g/mol. The molecule has 94 valence electrons. The Morgan fingerprint density at radius 3 is 2.47 bits per heavy atom. The van der Waals surface area contributed by atoms with E-state index in [1.807, 2.05) is 18.2 Å². The monoisotopic (exact) mass is 236 g/mol. The summed E-state index contributed by atoms with van der Waals surface area (Å²) in [6, 6.07) is 6.73. The first-order valence-corrected chi connectivity index (χ1v) is 5.85. The van der Waals surface area contributed by atoms with E-state index in [1.165, 1.54) is 12.1 Å². The van der Waals surface area contributed by atoms with E-state index in [9.17, 15) is 4.39 Å². The third-order valence-corrected chi connectivity index (χ3v) is 3.32. The highest BCUT2D eigenvalue weighted by atomic mass is 19.1. The van der Waals surface area contributed by atoms with Gasteiger partial charge in [0, 0.05) is 11.5 Å². The highest BCUT2D eigenvalue weighted by molar-refractivity contribution is 5.26. The molecule has 3 N–H and O–H groups in total. The van der Waals surface area contributed by atoms with Crippen molar-refractivity contribution in [2.24, 2.45) is 5.84 Å². The van der Waals surface area contributed by atoms with Gasteiger partial charge in [-0.25, -0.2) is 4.39 Å². The van der Waals surface area contributed by atoms with Gasteiger partial charge in [-0.2, -0.15) is 0 Å². The van der Waals surface area contributed by atoms with Gasteiger partial charge in [0.15, 0.2) is 0 Å². The summed E-state index contributed by atoms with van der Waals surface area (Å²) in [6.07, 6.45) is 3.69. The lowest BCUT2D eigenvalue weighted by atomic mass is 9.76. The number of rotatable bonds is 6. The minimum atomic E-state index is -0.215. The molecule has 1 atom stereocenters. The minimum Gasteiger partial charge on any atom is -0.271 e. The predicted octanol–water partition coefficient (Wildman–Crippen LogP) is 2.90. The SMILES string of the molecule is C=CCCC(NN)C(C)(C)c1ccc(F)cc1. The van der Waals surface area contributed by atoms with Crippen LogP contribution in [0.1, 0.15) is 32.3 Å². The van der Waals surface area contributed by atoms with Gasteiger partial charge in [0.25, 0.3) is 0 Å². The predicted molar refractivity (Wildman–Crippen MR) is 70.0 cm³/mol. The van der Waals surface area contributed by atoms with Gasteiger partial charge in [-0.3, -0.25) is 11.3 Å². The highest BCUT2D eigenvalue weighted by Crippen LogP contribution is 2.29. The molecule has 1 rings (SSSR count). The largest absolute Gasteiger partial charge is 0.271 e. The van der Waals surface area contributed by atoms with Crippen LogP contribution in [0.3, 0.4) is 0 Å². The van der Waals surface area contributed by atoms with E-state index in [-0.39, 0.29) is 17.3 Å². The molecule has 0 saturated heterocycles. The van der Waals surface area contributed by atoms with Crippen LogP contribution in [-0.2, 0) is 5.41 Å². The first-order valence-electron chi connectivity index (χ1n) is 5.85. The fraction of sp³-hybridized carbons (Fsp3) is 0.429. The van der Waals surface area contributed by atoms with Gasteiger partial charge in [-0.1, -0.05) is 32.1 Å². The third-order valence-electron chi connectivity index (χ3n) is 3.32. The lowest BCUT2D eigenvalue weighted by Gasteiger charge is -2.34. The van der Waals surface area contributed by atoms with Crippen molar-refractivity contribution in [2.75, 3.05) is 0 Å². The molecule has 1 unspecified atom stereocenters. The molecule has 0 bridgehead atoms. The molecule has 17 heavy (non-hydrogen) atoms. The summed E-state index contributed by atoms with van der Waals surface area (Å²) in [4.78, 5) is 0. The number of halogens is 1. The second-order valence-electron chi connectivity index (χ2n) is 4.81. The van der Waals surface area contributed by atoms with Crippen LogP contribution in [0.2, 0.25) is 0 Å². The molecule has 0 amide bonds. The Balaban J connectivity index is 2.90. The van der Waals surface area contributed by atoms with Crippen LogP contribution in [0.4, 0.5) is 4.39 Å². The zero-order valence-corrected chi connectivity index (χ0v) is 10.5. The Hall–Kier alpha value is -1.19. The van der Waals surface area contributed by atoms with Gasteiger partial charge in [-0.15, -0.1) is 6.58 Å². The summed E-state index contributed by atoms with van der Waals surface area (Å²) in [5.74, 6) is 5.39. The molecular formula is C14H21FN2. The van der Waals surface area contributed by atoms with Gasteiger partial charge >= 0.3 is 0 Å². The molecule has 0 saturated carbocycles. The molecule has 0 aromatic heterocycles. The van der Waals surface area contributed by atoms with Crippen molar-refractivity contribution in [1.82, 2.24) is 5.43 Å². The van der Waals surface area contributed by atoms with Gasteiger partial charge < -0.3 is 0 Å². The molecule has 2 nitrogen and oxygen atoms in total. The molecule has 0 radical (unpaired) electrons. The van der Waals surface area contributed by atoms with Crippen molar-refractivity contribution >= 4 is 0 Å². The number of nitrogens with one attached hydrogen (secondary N) is 1. The topological polar surface area (TPSA) is 38.0 Å². The zero-order chi connectivity index (χ0) is 12.9. The summed E-state index contributed by atoms with van der Waals surface area (Å²) in [7, 11) is 0. The fourth-order valence-corrected chi connectivity index (χ4v) is 2.02. The average molecular weight is 236 g/mol. The zero-order valence-electron chi connectivity index (χ0n) is 10.5. The van der Waals surface area contributed by atoms with Crippen LogP contribution in [0.15, 0.2) is 36.9 Å². The second-order valence-corrected chi connectivity index (χ2v) is 4.81. The van der Waals surface area contributed by atoms with E-state index in [4.69, 9.17) is 5.84 Å². The van der Waals surface area contributed by atoms with E-state index < -0.39 is 0 Å². The van der Waals surface area contributed by atoms with Crippen molar-refractivity contribution in [3.8, 4) is 0 Å². The Morgan fingerprint density at radius 2 is 2.00 bits per heavy atom. The minimum absolute atomic E-state index is 0.131. The van der Waals surface area contributed by atoms with Crippen molar-refractivity contribution in [3.63, 3.8) is 0 Å². The highest BCUT2D eigenvalue weighted by Gasteiger charge is 2.29. The van der Waals surface area contributed by atoms with Crippen LogP contribution in [-0.4, -0.2) is 6.04 Å². The quantitative estimate of drug-likeness (QED) is 0.453. The maximum Gasteiger partial charge on any atom is 0.123 e. The fourth-order valence-electron chi connectivity index (χ4n) is 2.02. The van der Waals surface area contributed by atoms with Gasteiger partial charge in [0.1, 0.15) is 5.82 Å². The summed E-state index contributed by atoms with van der Waals surface area (Å²) >= 11 is 0. The normalized spacial score (nSPS) is 13.4. The van der Waals surface area contributed by atoms with E-state index in [2.05, 4.69) is 25.9 Å². The smallest absolute Gasteiger partial charge is 0.123 e. The van der Waals surface area contributed by atoms with E-state index in [1.54, 1.807) is 0 Å². The van der Waals surface area contributed by atoms with E-state index >= 15 is 0 Å². The summed E-state index contributed by atoms with van der Waals surface area (Å²) in [5, 5.41) is 0. The maximum atomic E-state index is 12.9. The third kappa shape index (κ3) is 3.38. The number of hydrazine groups is 1. The maximum absolute atomic E-state index is 12.9. The molecule has 1 aromatic rings. The van der Waals surface area contributed by atoms with Crippen molar-refractivity contribution in [1.29, 1.82) is 0 Å². The molecule has 0 aliphatic carbocycles. The number of allylic oxidation sites excluding steroid dienone is 1. The first kappa shape index (κ1) is 13.9. The average Bonchev–Trinajstić information content (AvgIpc) is 2.30. The standard InChI is InChI=1S/C14H21FN2/c1-4-5-6-13(17-16)14(2,3)11-7-9-12(15)10-8-11/h4,7-10,13,17H,1,5-6,16H2,2-3H3. The van der Waals surface area contributed by atoms with Crippen LogP contribution >= 0.6 is 0 Å². The number of benzene rings is 1. The molecule has 1 aromatic carbocycles. The summed E-state index contributed by atoms with van der Waals surface area (Å²) in [6.45, 7) is 7.93. The molecule has 0 aliphatic heterocycles. The number of hydrogen-bond acceptors (Lipinski definition) is 2. The Bertz CT molecular complexity index is 357. The van der Waals surface area contributed by atoms with Gasteiger partial charge in [0.2, 0.25) is 0 Å². The van der Waals surface area contributed by atoms with E-state index in [0.717, 1.165) is 18.4 Å². The lowest BCUT2D eigenvalue weighted by molar-refractivity contribution is 0.327.